The van der Waals surface area contributed by atoms with E-state index in [9.17, 15) is 4.39 Å². The van der Waals surface area contributed by atoms with Crippen LogP contribution in [-0.2, 0) is 0 Å². The first-order valence-corrected chi connectivity index (χ1v) is 5.83. The Morgan fingerprint density at radius 3 is 2.53 bits per heavy atom. The summed E-state index contributed by atoms with van der Waals surface area (Å²) in [5, 5.41) is 0. The average molecular weight is 331 g/mol. The van der Waals surface area contributed by atoms with E-state index < -0.39 is 0 Å². The molecule has 0 bridgehead atoms. The van der Waals surface area contributed by atoms with Gasteiger partial charge in [0, 0.05) is 20.7 Å². The van der Waals surface area contributed by atoms with Crippen molar-refractivity contribution in [2.75, 3.05) is 0 Å². The van der Waals surface area contributed by atoms with Crippen LogP contribution < -0.4 is 0 Å². The molecule has 2 rings (SSSR count). The van der Waals surface area contributed by atoms with E-state index in [4.69, 9.17) is 0 Å². The number of hydrogen-bond donors (Lipinski definition) is 0. The van der Waals surface area contributed by atoms with Crippen molar-refractivity contribution in [3.8, 4) is 11.3 Å². The molecule has 2 aromatic rings. The maximum atomic E-state index is 13.5. The van der Waals surface area contributed by atoms with Crippen molar-refractivity contribution in [3.63, 3.8) is 0 Å². The van der Waals surface area contributed by atoms with Crippen molar-refractivity contribution < 1.29 is 4.39 Å². The second kappa shape index (κ2) is 4.41. The number of aromatic nitrogens is 1. The summed E-state index contributed by atoms with van der Waals surface area (Å²) in [5.41, 5.74) is 1.10. The highest BCUT2D eigenvalue weighted by atomic mass is 79.9. The van der Waals surface area contributed by atoms with Crippen molar-refractivity contribution in [2.45, 2.75) is 0 Å². The molecule has 0 saturated carbocycles. The van der Waals surface area contributed by atoms with Crippen molar-refractivity contribution in [3.05, 3.63) is 51.3 Å². The Bertz CT molecular complexity index is 500. The zero-order valence-corrected chi connectivity index (χ0v) is 10.7. The van der Waals surface area contributed by atoms with Crippen LogP contribution in [-0.4, -0.2) is 4.98 Å². The summed E-state index contributed by atoms with van der Waals surface area (Å²) in [5.74, 6) is -0.270. The van der Waals surface area contributed by atoms with E-state index in [1.165, 1.54) is 6.07 Å². The van der Waals surface area contributed by atoms with Crippen LogP contribution in [0.2, 0.25) is 0 Å². The topological polar surface area (TPSA) is 12.9 Å². The molecular weight excluding hydrogens is 325 g/mol. The molecule has 0 fully saturated rings. The highest BCUT2D eigenvalue weighted by molar-refractivity contribution is 9.11. The Hall–Kier alpha value is -0.740. The minimum atomic E-state index is -0.270. The van der Waals surface area contributed by atoms with E-state index >= 15 is 0 Å². The van der Waals surface area contributed by atoms with Gasteiger partial charge in [0.15, 0.2) is 0 Å². The van der Waals surface area contributed by atoms with Gasteiger partial charge in [0.1, 0.15) is 5.82 Å². The number of halogens is 3. The molecule has 0 spiro atoms. The second-order valence-electron chi connectivity index (χ2n) is 2.96. The van der Waals surface area contributed by atoms with Gasteiger partial charge in [-0.1, -0.05) is 12.1 Å². The minimum absolute atomic E-state index is 0.270. The highest BCUT2D eigenvalue weighted by Crippen LogP contribution is 2.29. The first-order chi connectivity index (χ1) is 7.18. The maximum absolute atomic E-state index is 13.5. The third kappa shape index (κ3) is 2.26. The lowest BCUT2D eigenvalue weighted by Crippen LogP contribution is -1.88. The molecule has 0 atom stereocenters. The third-order valence-corrected chi connectivity index (χ3v) is 2.97. The second-order valence-corrected chi connectivity index (χ2v) is 4.73. The summed E-state index contributed by atoms with van der Waals surface area (Å²) >= 11 is 6.66. The Balaban J connectivity index is 2.60. The zero-order valence-electron chi connectivity index (χ0n) is 7.55. The Kier molecular flexibility index (Phi) is 3.17. The van der Waals surface area contributed by atoms with E-state index in [1.54, 1.807) is 24.4 Å². The Morgan fingerprint density at radius 2 is 1.87 bits per heavy atom. The van der Waals surface area contributed by atoms with Crippen LogP contribution in [0.3, 0.4) is 0 Å². The van der Waals surface area contributed by atoms with E-state index in [0.717, 1.165) is 8.95 Å². The monoisotopic (exact) mass is 329 g/mol. The highest BCUT2D eigenvalue weighted by Gasteiger charge is 2.09. The fraction of sp³-hybridized carbons (Fsp3) is 0. The van der Waals surface area contributed by atoms with E-state index in [-0.39, 0.29) is 5.82 Å². The van der Waals surface area contributed by atoms with Crippen LogP contribution in [0.1, 0.15) is 0 Å². The lowest BCUT2D eigenvalue weighted by atomic mass is 10.1. The Morgan fingerprint density at radius 1 is 1.13 bits per heavy atom. The van der Waals surface area contributed by atoms with Crippen LogP contribution in [0.15, 0.2) is 45.5 Å². The summed E-state index contributed by atoms with van der Waals surface area (Å²) in [6.45, 7) is 0. The zero-order chi connectivity index (χ0) is 10.8. The van der Waals surface area contributed by atoms with Gasteiger partial charge < -0.3 is 0 Å². The molecule has 0 radical (unpaired) electrons. The molecule has 1 nitrogen and oxygen atoms in total. The SMILES string of the molecule is Fc1ccccc1-c1ncc(Br)cc1Br. The van der Waals surface area contributed by atoms with Gasteiger partial charge in [-0.25, -0.2) is 4.39 Å². The molecule has 4 heteroatoms. The molecule has 76 valence electrons. The van der Waals surface area contributed by atoms with Crippen LogP contribution in [0.5, 0.6) is 0 Å². The van der Waals surface area contributed by atoms with Crippen LogP contribution in [0.4, 0.5) is 4.39 Å². The summed E-state index contributed by atoms with van der Waals surface area (Å²) < 4.78 is 15.1. The van der Waals surface area contributed by atoms with Crippen LogP contribution >= 0.6 is 31.9 Å². The molecule has 0 N–H and O–H groups in total. The molecule has 1 heterocycles. The number of rotatable bonds is 1. The molecule has 1 aromatic carbocycles. The summed E-state index contributed by atoms with van der Waals surface area (Å²) in [6, 6.07) is 8.41. The Labute approximate surface area is 104 Å². The summed E-state index contributed by atoms with van der Waals surface area (Å²) in [6.07, 6.45) is 1.65. The molecule has 0 amide bonds. The summed E-state index contributed by atoms with van der Waals surface area (Å²) in [7, 11) is 0. The van der Waals surface area contributed by atoms with Crippen molar-refractivity contribution >= 4 is 31.9 Å². The quantitative estimate of drug-likeness (QED) is 0.754. The minimum Gasteiger partial charge on any atom is -0.254 e. The van der Waals surface area contributed by atoms with Crippen LogP contribution in [0.25, 0.3) is 11.3 Å². The lowest BCUT2D eigenvalue weighted by Gasteiger charge is -2.04. The number of benzene rings is 1. The van der Waals surface area contributed by atoms with Gasteiger partial charge in [0.25, 0.3) is 0 Å². The standard InChI is InChI=1S/C11H6Br2FN/c12-7-5-9(13)11(15-6-7)8-3-1-2-4-10(8)14/h1-6H. The molecule has 15 heavy (non-hydrogen) atoms. The average Bonchev–Trinajstić information content (AvgIpc) is 2.20. The van der Waals surface area contributed by atoms with Gasteiger partial charge in [-0.15, -0.1) is 0 Å². The molecule has 0 aliphatic carbocycles. The van der Waals surface area contributed by atoms with Crippen molar-refractivity contribution in [1.82, 2.24) is 4.98 Å². The van der Waals surface area contributed by atoms with Crippen molar-refractivity contribution in [2.24, 2.45) is 0 Å². The fourth-order valence-corrected chi connectivity index (χ4v) is 2.47. The molecule has 0 aliphatic heterocycles. The van der Waals surface area contributed by atoms with E-state index in [0.29, 0.717) is 11.3 Å². The normalized spacial score (nSPS) is 10.3. The first-order valence-electron chi connectivity index (χ1n) is 4.24. The molecule has 0 unspecified atom stereocenters. The summed E-state index contributed by atoms with van der Waals surface area (Å²) in [4.78, 5) is 4.18. The predicted octanol–water partition coefficient (Wildman–Crippen LogP) is 4.41. The first kappa shape index (κ1) is 10.8. The lowest BCUT2D eigenvalue weighted by molar-refractivity contribution is 0.630. The predicted molar refractivity (Wildman–Crippen MR) is 65.0 cm³/mol. The van der Waals surface area contributed by atoms with Gasteiger partial charge in [-0.3, -0.25) is 4.98 Å². The third-order valence-electron chi connectivity index (χ3n) is 1.94. The number of nitrogens with zero attached hydrogens (tertiary/aromatic N) is 1. The van der Waals surface area contributed by atoms with Crippen molar-refractivity contribution in [1.29, 1.82) is 0 Å². The number of pyridine rings is 1. The molecule has 0 saturated heterocycles. The number of hydrogen-bond acceptors (Lipinski definition) is 1. The smallest absolute Gasteiger partial charge is 0.132 e. The van der Waals surface area contributed by atoms with Gasteiger partial charge >= 0.3 is 0 Å². The maximum Gasteiger partial charge on any atom is 0.132 e. The van der Waals surface area contributed by atoms with Gasteiger partial charge in [0.05, 0.1) is 5.69 Å². The molecule has 0 aliphatic rings. The molecular formula is C11H6Br2FN. The molecule has 1 aromatic heterocycles. The van der Waals surface area contributed by atoms with Crippen LogP contribution in [0, 0.1) is 5.82 Å². The van der Waals surface area contributed by atoms with Gasteiger partial charge in [0.2, 0.25) is 0 Å². The van der Waals surface area contributed by atoms with Gasteiger partial charge in [-0.05, 0) is 50.1 Å². The van der Waals surface area contributed by atoms with Gasteiger partial charge in [-0.2, -0.15) is 0 Å². The van der Waals surface area contributed by atoms with E-state index in [1.807, 2.05) is 6.07 Å². The van der Waals surface area contributed by atoms with E-state index in [2.05, 4.69) is 36.8 Å². The fourth-order valence-electron chi connectivity index (χ4n) is 1.27. The largest absolute Gasteiger partial charge is 0.254 e.